The van der Waals surface area contributed by atoms with Crippen LogP contribution >= 0.6 is 0 Å². The Balaban J connectivity index is 1.27. The van der Waals surface area contributed by atoms with E-state index in [2.05, 4.69) is 40.2 Å². The third-order valence-electron chi connectivity index (χ3n) is 11.0. The Bertz CT molecular complexity index is 1640. The van der Waals surface area contributed by atoms with Crippen molar-refractivity contribution >= 4 is 18.2 Å². The predicted molar refractivity (Wildman–Crippen MR) is 183 cm³/mol. The standard InChI is InChI=1S/C36H49FN8O2/c1-21(15-25(37)17-39-4)23(3)46-30-16-29(45-19-22(2)43-35(20-45)13-14-35)41-34(42-30)32-26-7-6-11-36(33(26)47-44-32)12-10-24-8-9-28(38)27(18-40-5)31(24)36/h8-9,16,21-23,25,39,43H,5-7,10-15,17-20,38H2,1-4H3/t21-,22-,23-,25+,36-/m0/s1. The summed E-state index contributed by atoms with van der Waals surface area (Å²) in [5, 5.41) is 11.4. The predicted octanol–water partition coefficient (Wildman–Crippen LogP) is 5.16. The second kappa shape index (κ2) is 12.5. The zero-order chi connectivity index (χ0) is 32.9. The molecule has 3 aliphatic carbocycles. The number of ether oxygens (including phenoxy) is 1. The first-order chi connectivity index (χ1) is 22.6. The highest BCUT2D eigenvalue weighted by Gasteiger charge is 2.50. The number of nitrogens with zero attached hydrogens (tertiary/aromatic N) is 5. The first-order valence-corrected chi connectivity index (χ1v) is 17.3. The number of benzene rings is 1. The lowest BCUT2D eigenvalue weighted by molar-refractivity contribution is 0.126. The first-order valence-electron chi connectivity index (χ1n) is 17.3. The summed E-state index contributed by atoms with van der Waals surface area (Å²) in [6.07, 6.45) is 6.21. The maximum atomic E-state index is 14.5. The van der Waals surface area contributed by atoms with Crippen LogP contribution in [0.3, 0.4) is 0 Å². The summed E-state index contributed by atoms with van der Waals surface area (Å²) in [5.41, 5.74) is 12.4. The van der Waals surface area contributed by atoms with Crippen molar-refractivity contribution < 1.29 is 13.7 Å². The van der Waals surface area contributed by atoms with Crippen molar-refractivity contribution in [1.29, 1.82) is 0 Å². The number of hydrogen-bond acceptors (Lipinski definition) is 10. The van der Waals surface area contributed by atoms with E-state index in [4.69, 9.17) is 30.1 Å². The number of aliphatic imine (C=N–C) groups is 1. The van der Waals surface area contributed by atoms with Gasteiger partial charge in [-0.15, -0.1) is 0 Å². The van der Waals surface area contributed by atoms with Gasteiger partial charge >= 0.3 is 0 Å². The number of nitrogen functional groups attached to an aromatic ring is 1. The summed E-state index contributed by atoms with van der Waals surface area (Å²) >= 11 is 0. The van der Waals surface area contributed by atoms with Crippen molar-refractivity contribution in [3.8, 4) is 17.4 Å². The van der Waals surface area contributed by atoms with Crippen LogP contribution in [0.4, 0.5) is 15.9 Å². The molecule has 1 saturated heterocycles. The molecule has 0 unspecified atom stereocenters. The first kappa shape index (κ1) is 32.0. The van der Waals surface area contributed by atoms with Crippen molar-refractivity contribution in [2.45, 2.75) is 108 Å². The lowest BCUT2D eigenvalue weighted by Crippen LogP contribution is -2.57. The van der Waals surface area contributed by atoms with Crippen molar-refractivity contribution in [1.82, 2.24) is 25.8 Å². The van der Waals surface area contributed by atoms with Gasteiger partial charge in [0.25, 0.3) is 0 Å². The molecule has 252 valence electrons. The van der Waals surface area contributed by atoms with Crippen molar-refractivity contribution in [3.05, 3.63) is 46.2 Å². The Morgan fingerprint density at radius 3 is 2.83 bits per heavy atom. The van der Waals surface area contributed by atoms with Crippen molar-refractivity contribution in [2.75, 3.05) is 37.3 Å². The smallest absolute Gasteiger partial charge is 0.219 e. The number of aryl methyl sites for hydroxylation is 1. The molecule has 47 heavy (non-hydrogen) atoms. The molecule has 3 heterocycles. The Morgan fingerprint density at radius 1 is 1.23 bits per heavy atom. The van der Waals surface area contributed by atoms with Crippen LogP contribution in [0.1, 0.15) is 87.3 Å². The van der Waals surface area contributed by atoms with E-state index in [9.17, 15) is 4.39 Å². The fraction of sp³-hybridized carbons (Fsp3) is 0.611. The van der Waals surface area contributed by atoms with E-state index in [0.29, 0.717) is 43.0 Å². The van der Waals surface area contributed by atoms with Crippen LogP contribution in [0.25, 0.3) is 11.5 Å². The number of halogens is 1. The van der Waals surface area contributed by atoms with Crippen LogP contribution in [0, 0.1) is 5.92 Å². The maximum Gasteiger partial charge on any atom is 0.219 e. The molecule has 5 atom stereocenters. The molecule has 4 N–H and O–H groups in total. The van der Waals surface area contributed by atoms with Gasteiger partial charge in [-0.1, -0.05) is 18.1 Å². The molecule has 7 rings (SSSR count). The van der Waals surface area contributed by atoms with Crippen molar-refractivity contribution in [3.63, 3.8) is 0 Å². The van der Waals surface area contributed by atoms with Gasteiger partial charge in [0.05, 0.1) is 12.0 Å². The van der Waals surface area contributed by atoms with Crippen LogP contribution in [0.5, 0.6) is 5.88 Å². The second-order valence-electron chi connectivity index (χ2n) is 14.6. The van der Waals surface area contributed by atoms with Gasteiger partial charge in [0.15, 0.2) is 17.3 Å². The van der Waals surface area contributed by atoms with Gasteiger partial charge in [0, 0.05) is 54.1 Å². The lowest BCUT2D eigenvalue weighted by Gasteiger charge is -2.39. The van der Waals surface area contributed by atoms with Crippen LogP contribution in [0.2, 0.25) is 0 Å². The van der Waals surface area contributed by atoms with E-state index in [-0.39, 0.29) is 23.0 Å². The highest BCUT2D eigenvalue weighted by Crippen LogP contribution is 2.54. The van der Waals surface area contributed by atoms with Crippen LogP contribution in [-0.2, 0) is 24.8 Å². The molecule has 2 spiro atoms. The Kier molecular flexibility index (Phi) is 8.49. The quantitative estimate of drug-likeness (QED) is 0.192. The molecular weight excluding hydrogens is 595 g/mol. The molecule has 1 aromatic carbocycles. The highest BCUT2D eigenvalue weighted by atomic mass is 19.1. The minimum atomic E-state index is -0.942. The Morgan fingerprint density at radius 2 is 2.06 bits per heavy atom. The number of nitrogens with two attached hydrogens (primary N) is 1. The molecule has 2 fully saturated rings. The van der Waals surface area contributed by atoms with Gasteiger partial charge in [-0.05, 0) is 102 Å². The van der Waals surface area contributed by atoms with E-state index >= 15 is 0 Å². The normalized spacial score (nSPS) is 24.5. The summed E-state index contributed by atoms with van der Waals surface area (Å²) in [7, 11) is 1.77. The second-order valence-corrected chi connectivity index (χ2v) is 14.6. The van der Waals surface area contributed by atoms with Gasteiger partial charge in [0.1, 0.15) is 18.1 Å². The van der Waals surface area contributed by atoms with Crippen LogP contribution in [-0.4, -0.2) is 72.4 Å². The zero-order valence-electron chi connectivity index (χ0n) is 28.2. The SMILES string of the molecule is C=NCc1c(N)ccc2c1[C@]1(CCCc3c(-c4nc(O[C@@H](C)[C@@H](C)C[C@@H](F)CNC)cc(N5C[C@H](C)NC6(CC6)C5)n4)noc31)CC2. The number of alkyl halides is 1. The monoisotopic (exact) mass is 644 g/mol. The number of anilines is 2. The molecule has 1 aliphatic heterocycles. The number of aromatic nitrogens is 3. The van der Waals surface area contributed by atoms with Gasteiger partial charge in [0.2, 0.25) is 5.88 Å². The third-order valence-corrected chi connectivity index (χ3v) is 11.0. The summed E-state index contributed by atoms with van der Waals surface area (Å²) in [6, 6.07) is 6.42. The van der Waals surface area contributed by atoms with Gasteiger partial charge in [-0.3, -0.25) is 4.99 Å². The number of hydrogen-bond donors (Lipinski definition) is 3. The Hall–Kier alpha value is -3.57. The highest BCUT2D eigenvalue weighted by molar-refractivity contribution is 5.66. The fourth-order valence-corrected chi connectivity index (χ4v) is 8.47. The molecule has 4 aliphatic rings. The van der Waals surface area contributed by atoms with E-state index in [1.54, 1.807) is 7.05 Å². The molecular formula is C36H49FN8O2. The minimum absolute atomic E-state index is 0.0112. The molecule has 2 aromatic heterocycles. The molecule has 0 amide bonds. The average Bonchev–Trinajstić information content (AvgIpc) is 3.45. The molecule has 3 aromatic rings. The molecule has 1 saturated carbocycles. The molecule has 0 radical (unpaired) electrons. The van der Waals surface area contributed by atoms with Gasteiger partial charge in [-0.25, -0.2) is 9.37 Å². The summed E-state index contributed by atoms with van der Waals surface area (Å²) in [6.45, 7) is 12.5. The largest absolute Gasteiger partial charge is 0.474 e. The molecule has 0 bridgehead atoms. The number of piperazine rings is 1. The summed E-state index contributed by atoms with van der Waals surface area (Å²) in [5.74, 6) is 2.70. The van der Waals surface area contributed by atoms with E-state index < -0.39 is 6.17 Å². The number of nitrogens with one attached hydrogen (secondary N) is 2. The maximum absolute atomic E-state index is 14.5. The molecule has 11 heteroatoms. The van der Waals surface area contributed by atoms with E-state index in [1.807, 2.05) is 26.0 Å². The lowest BCUT2D eigenvalue weighted by atomic mass is 9.68. The topological polar surface area (TPSA) is 127 Å². The minimum Gasteiger partial charge on any atom is -0.474 e. The summed E-state index contributed by atoms with van der Waals surface area (Å²) < 4.78 is 27.3. The Labute approximate surface area is 277 Å². The average molecular weight is 645 g/mol. The van der Waals surface area contributed by atoms with E-state index in [0.717, 1.165) is 86.4 Å². The third kappa shape index (κ3) is 5.90. The van der Waals surface area contributed by atoms with Crippen molar-refractivity contribution in [2.24, 2.45) is 10.9 Å². The van der Waals surface area contributed by atoms with Gasteiger partial charge < -0.3 is 30.5 Å². The van der Waals surface area contributed by atoms with E-state index in [1.165, 1.54) is 11.1 Å². The van der Waals surface area contributed by atoms with Crippen LogP contribution < -0.4 is 26.0 Å². The fourth-order valence-electron chi connectivity index (χ4n) is 8.47. The zero-order valence-corrected chi connectivity index (χ0v) is 28.2. The summed E-state index contributed by atoms with van der Waals surface area (Å²) in [4.78, 5) is 16.7. The van der Waals surface area contributed by atoms with Gasteiger partial charge in [-0.2, -0.15) is 4.98 Å². The molecule has 10 nitrogen and oxygen atoms in total. The number of fused-ring (bicyclic) bond motifs is 4. The van der Waals surface area contributed by atoms with Crippen LogP contribution in [0.15, 0.2) is 27.7 Å². The number of rotatable bonds is 11.